The van der Waals surface area contributed by atoms with Crippen LogP contribution >= 0.6 is 0 Å². The number of hydrogen-bond acceptors (Lipinski definition) is 6. The number of allylic oxidation sites excluding steroid dienone is 6. The van der Waals surface area contributed by atoms with Crippen LogP contribution in [-0.4, -0.2) is 37.2 Å². The van der Waals surface area contributed by atoms with Crippen molar-refractivity contribution in [2.75, 3.05) is 13.2 Å². The third-order valence-electron chi connectivity index (χ3n) is 9.41. The molecule has 6 nitrogen and oxygen atoms in total. The topological polar surface area (TPSA) is 78.9 Å². The normalized spacial score (nSPS) is 12.3. The lowest BCUT2D eigenvalue weighted by Gasteiger charge is -2.18. The van der Waals surface area contributed by atoms with Gasteiger partial charge in [-0.05, 0) is 51.4 Å². The number of rotatable bonds is 39. The van der Waals surface area contributed by atoms with Crippen molar-refractivity contribution in [3.63, 3.8) is 0 Å². The van der Waals surface area contributed by atoms with E-state index in [1.54, 1.807) is 0 Å². The Kier molecular flexibility index (Phi) is 39.5. The summed E-state index contributed by atoms with van der Waals surface area (Å²) in [6.45, 7) is 6.42. The van der Waals surface area contributed by atoms with Gasteiger partial charge in [0.25, 0.3) is 0 Å². The van der Waals surface area contributed by atoms with Crippen LogP contribution in [0.2, 0.25) is 0 Å². The third-order valence-corrected chi connectivity index (χ3v) is 9.41. The molecule has 0 heterocycles. The van der Waals surface area contributed by atoms with Crippen molar-refractivity contribution in [3.8, 4) is 0 Å². The highest BCUT2D eigenvalue weighted by molar-refractivity contribution is 5.71. The molecule has 52 heavy (non-hydrogen) atoms. The minimum absolute atomic E-state index is 0.0768. The van der Waals surface area contributed by atoms with Crippen molar-refractivity contribution in [1.82, 2.24) is 0 Å². The maximum atomic E-state index is 12.7. The van der Waals surface area contributed by atoms with Crippen LogP contribution in [0.25, 0.3) is 0 Å². The van der Waals surface area contributed by atoms with E-state index < -0.39 is 6.10 Å². The Morgan fingerprint density at radius 2 is 0.750 bits per heavy atom. The van der Waals surface area contributed by atoms with Crippen molar-refractivity contribution < 1.29 is 28.6 Å². The van der Waals surface area contributed by atoms with E-state index in [1.165, 1.54) is 77.0 Å². The van der Waals surface area contributed by atoms with E-state index in [-0.39, 0.29) is 31.1 Å². The number of esters is 3. The number of carbonyl (C=O) groups is 3. The maximum Gasteiger partial charge on any atom is 0.306 e. The van der Waals surface area contributed by atoms with Gasteiger partial charge in [-0.2, -0.15) is 0 Å². The lowest BCUT2D eigenvalue weighted by Crippen LogP contribution is -2.30. The van der Waals surface area contributed by atoms with Gasteiger partial charge in [-0.3, -0.25) is 14.4 Å². The molecule has 0 N–H and O–H groups in total. The second-order valence-electron chi connectivity index (χ2n) is 14.6. The first kappa shape index (κ1) is 49.6. The van der Waals surface area contributed by atoms with Crippen LogP contribution in [0.4, 0.5) is 0 Å². The summed E-state index contributed by atoms with van der Waals surface area (Å²) >= 11 is 0. The van der Waals surface area contributed by atoms with Gasteiger partial charge in [-0.25, -0.2) is 0 Å². The zero-order chi connectivity index (χ0) is 38.0. The Balaban J connectivity index is 4.25. The molecule has 0 spiro atoms. The first-order valence-electron chi connectivity index (χ1n) is 22.0. The molecule has 0 aromatic heterocycles. The number of ether oxygens (including phenoxy) is 3. The van der Waals surface area contributed by atoms with Crippen LogP contribution in [0.15, 0.2) is 36.5 Å². The average molecular weight is 731 g/mol. The number of carbonyl (C=O) groups excluding carboxylic acids is 3. The van der Waals surface area contributed by atoms with Gasteiger partial charge in [0.1, 0.15) is 13.2 Å². The fourth-order valence-corrected chi connectivity index (χ4v) is 6.10. The Hall–Kier alpha value is -2.37. The van der Waals surface area contributed by atoms with Crippen molar-refractivity contribution in [2.24, 2.45) is 0 Å². The van der Waals surface area contributed by atoms with Crippen LogP contribution < -0.4 is 0 Å². The Bertz CT molecular complexity index is 891. The third kappa shape index (κ3) is 38.9. The van der Waals surface area contributed by atoms with Gasteiger partial charge in [0, 0.05) is 19.3 Å². The highest BCUT2D eigenvalue weighted by atomic mass is 16.6. The van der Waals surface area contributed by atoms with Crippen LogP contribution in [0.5, 0.6) is 0 Å². The summed E-state index contributed by atoms with van der Waals surface area (Å²) < 4.78 is 16.6. The van der Waals surface area contributed by atoms with Gasteiger partial charge in [-0.15, -0.1) is 0 Å². The second-order valence-corrected chi connectivity index (χ2v) is 14.6. The maximum absolute atomic E-state index is 12.7. The van der Waals surface area contributed by atoms with Crippen molar-refractivity contribution in [2.45, 2.75) is 226 Å². The van der Waals surface area contributed by atoms with Crippen molar-refractivity contribution >= 4 is 17.9 Å². The zero-order valence-corrected chi connectivity index (χ0v) is 34.3. The molecule has 302 valence electrons. The van der Waals surface area contributed by atoms with E-state index in [9.17, 15) is 14.4 Å². The molecule has 0 aliphatic rings. The molecular formula is C46H82O6. The highest BCUT2D eigenvalue weighted by Crippen LogP contribution is 2.15. The summed E-state index contributed by atoms with van der Waals surface area (Å²) in [7, 11) is 0. The highest BCUT2D eigenvalue weighted by Gasteiger charge is 2.19. The minimum Gasteiger partial charge on any atom is -0.462 e. The van der Waals surface area contributed by atoms with Gasteiger partial charge in [0.05, 0.1) is 0 Å². The minimum atomic E-state index is -0.770. The lowest BCUT2D eigenvalue weighted by atomic mass is 10.0. The largest absolute Gasteiger partial charge is 0.462 e. The molecule has 6 heteroatoms. The fraction of sp³-hybridized carbons (Fsp3) is 0.804. The monoisotopic (exact) mass is 731 g/mol. The first-order valence-corrected chi connectivity index (χ1v) is 22.0. The van der Waals surface area contributed by atoms with Crippen LogP contribution in [0.3, 0.4) is 0 Å². The molecular weight excluding hydrogens is 648 g/mol. The Morgan fingerprint density at radius 1 is 0.404 bits per heavy atom. The summed E-state index contributed by atoms with van der Waals surface area (Å²) in [5.74, 6) is -0.906. The predicted octanol–water partition coefficient (Wildman–Crippen LogP) is 13.8. The predicted molar refractivity (Wildman–Crippen MR) is 219 cm³/mol. The Labute approximate surface area is 321 Å². The molecule has 0 saturated carbocycles. The molecule has 0 amide bonds. The Morgan fingerprint density at radius 3 is 1.17 bits per heavy atom. The van der Waals surface area contributed by atoms with E-state index in [1.807, 2.05) is 0 Å². The quantitative estimate of drug-likeness (QED) is 0.0271. The van der Waals surface area contributed by atoms with E-state index in [2.05, 4.69) is 57.2 Å². The number of unbranched alkanes of at least 4 members (excludes halogenated alkanes) is 22. The molecule has 1 unspecified atom stereocenters. The smallest absolute Gasteiger partial charge is 0.306 e. The molecule has 0 bridgehead atoms. The van der Waals surface area contributed by atoms with Gasteiger partial charge >= 0.3 is 17.9 Å². The summed E-state index contributed by atoms with van der Waals surface area (Å²) in [6.07, 6.45) is 45.8. The van der Waals surface area contributed by atoms with Crippen LogP contribution in [-0.2, 0) is 28.6 Å². The fourth-order valence-electron chi connectivity index (χ4n) is 6.10. The summed E-state index contributed by atoms with van der Waals surface area (Å²) in [5, 5.41) is 0. The molecule has 0 saturated heterocycles. The van der Waals surface area contributed by atoms with Crippen molar-refractivity contribution in [3.05, 3.63) is 36.5 Å². The van der Waals surface area contributed by atoms with Gasteiger partial charge in [-0.1, -0.05) is 186 Å². The van der Waals surface area contributed by atoms with E-state index in [4.69, 9.17) is 14.2 Å². The molecule has 1 atom stereocenters. The second kappa shape index (κ2) is 41.4. The van der Waals surface area contributed by atoms with Crippen LogP contribution in [0, 0.1) is 0 Å². The average Bonchev–Trinajstić information content (AvgIpc) is 3.14. The van der Waals surface area contributed by atoms with Crippen LogP contribution in [0.1, 0.15) is 220 Å². The molecule has 0 aliphatic carbocycles. The molecule has 0 aromatic carbocycles. The lowest BCUT2D eigenvalue weighted by molar-refractivity contribution is -0.167. The summed E-state index contributed by atoms with van der Waals surface area (Å²) in [4.78, 5) is 37.4. The molecule has 0 radical (unpaired) electrons. The van der Waals surface area contributed by atoms with E-state index in [0.29, 0.717) is 19.3 Å². The molecule has 0 aliphatic heterocycles. The number of hydrogen-bond donors (Lipinski definition) is 0. The zero-order valence-electron chi connectivity index (χ0n) is 34.3. The first-order chi connectivity index (χ1) is 25.5. The molecule has 0 fully saturated rings. The van der Waals surface area contributed by atoms with E-state index >= 15 is 0 Å². The standard InChI is InChI=1S/C46H82O6/c1-4-7-10-13-15-17-19-21-23-25-26-28-30-33-36-39-45(48)51-42-43(41-50-44(47)38-35-32-12-9-6-3)52-46(49)40-37-34-31-29-27-24-22-20-18-16-14-11-8-5-2/h7,10,15,17,21,23,43H,4-6,8-9,11-14,16,18-20,22,24-42H2,1-3H3/b10-7-,17-15-,23-21-. The summed E-state index contributed by atoms with van der Waals surface area (Å²) in [6, 6.07) is 0. The van der Waals surface area contributed by atoms with Gasteiger partial charge in [0.2, 0.25) is 0 Å². The van der Waals surface area contributed by atoms with Gasteiger partial charge in [0.15, 0.2) is 6.10 Å². The van der Waals surface area contributed by atoms with Gasteiger partial charge < -0.3 is 14.2 Å². The molecule has 0 aromatic rings. The SMILES string of the molecule is CC/C=C\C/C=C\C/C=C\CCCCCCCC(=O)OCC(COC(=O)CCCCCCC)OC(=O)CCCCCCCCCCCCCCCC. The molecule has 0 rings (SSSR count). The van der Waals surface area contributed by atoms with E-state index in [0.717, 1.165) is 103 Å². The van der Waals surface area contributed by atoms with Crippen molar-refractivity contribution in [1.29, 1.82) is 0 Å². The summed E-state index contributed by atoms with van der Waals surface area (Å²) in [5.41, 5.74) is 0.